The second-order valence-corrected chi connectivity index (χ2v) is 5.32. The van der Waals surface area contributed by atoms with E-state index in [9.17, 15) is 15.0 Å². The molecule has 2 aliphatic rings. The fourth-order valence-electron chi connectivity index (χ4n) is 2.86. The van der Waals surface area contributed by atoms with Gasteiger partial charge in [-0.3, -0.25) is 4.79 Å². The van der Waals surface area contributed by atoms with E-state index < -0.39 is 0 Å². The first-order valence-electron chi connectivity index (χ1n) is 6.82. The molecule has 20 heavy (non-hydrogen) atoms. The van der Waals surface area contributed by atoms with E-state index in [1.165, 1.54) is 0 Å². The monoisotopic (exact) mass is 271 g/mol. The number of rotatable bonds is 2. The van der Waals surface area contributed by atoms with Gasteiger partial charge in [-0.25, -0.2) is 0 Å². The molecule has 1 aromatic rings. The minimum absolute atomic E-state index is 0.0285. The lowest BCUT2D eigenvalue weighted by Gasteiger charge is -2.29. The Labute approximate surface area is 117 Å². The van der Waals surface area contributed by atoms with Crippen molar-refractivity contribution >= 4 is 5.78 Å². The first-order chi connectivity index (χ1) is 9.63. The number of hydrogen-bond acceptors (Lipinski definition) is 4. The van der Waals surface area contributed by atoms with E-state index in [1.54, 1.807) is 24.3 Å². The lowest BCUT2D eigenvalue weighted by Crippen LogP contribution is -2.31. The molecular formula is C16H17NO3. The lowest BCUT2D eigenvalue weighted by atomic mass is 9.86. The van der Waals surface area contributed by atoms with Crippen molar-refractivity contribution < 1.29 is 15.0 Å². The number of allylic oxidation sites excluding steroid dienone is 4. The maximum atomic E-state index is 11.1. The first-order valence-corrected chi connectivity index (χ1v) is 6.82. The summed E-state index contributed by atoms with van der Waals surface area (Å²) in [6.07, 6.45) is 8.70. The second kappa shape index (κ2) is 5.13. The number of fused-ring (bicyclic) bond motifs is 1. The summed E-state index contributed by atoms with van der Waals surface area (Å²) in [5.41, 5.74) is 2.11. The number of carbonyl (C=O) groups excluding carboxylic acids is 1. The van der Waals surface area contributed by atoms with Gasteiger partial charge in [0.2, 0.25) is 0 Å². The van der Waals surface area contributed by atoms with Gasteiger partial charge in [-0.2, -0.15) is 0 Å². The number of ketones is 1. The highest BCUT2D eigenvalue weighted by molar-refractivity contribution is 6.00. The summed E-state index contributed by atoms with van der Waals surface area (Å²) in [7, 11) is 0. The second-order valence-electron chi connectivity index (χ2n) is 5.32. The Morgan fingerprint density at radius 2 is 1.85 bits per heavy atom. The maximum absolute atomic E-state index is 11.1. The largest absolute Gasteiger partial charge is 0.504 e. The molecule has 0 aromatic heterocycles. The predicted octanol–water partition coefficient (Wildman–Crippen LogP) is 1.99. The van der Waals surface area contributed by atoms with Crippen LogP contribution in [0.25, 0.3) is 0 Å². The minimum Gasteiger partial charge on any atom is -0.504 e. The van der Waals surface area contributed by atoms with Gasteiger partial charge in [-0.1, -0.05) is 12.2 Å². The zero-order valence-corrected chi connectivity index (χ0v) is 11.0. The fourth-order valence-corrected chi connectivity index (χ4v) is 2.86. The lowest BCUT2D eigenvalue weighted by molar-refractivity contribution is -0.110. The van der Waals surface area contributed by atoms with Crippen molar-refractivity contribution in [2.45, 2.75) is 18.9 Å². The smallest absolute Gasteiger partial charge is 0.178 e. The predicted molar refractivity (Wildman–Crippen MR) is 75.6 cm³/mol. The molecule has 3 N–H and O–H groups in total. The van der Waals surface area contributed by atoms with Crippen molar-refractivity contribution in [3.8, 4) is 11.5 Å². The Bertz CT molecular complexity index is 588. The van der Waals surface area contributed by atoms with Crippen molar-refractivity contribution in [3.63, 3.8) is 0 Å². The third-order valence-electron chi connectivity index (χ3n) is 3.92. The molecular weight excluding hydrogens is 254 g/mol. The van der Waals surface area contributed by atoms with Gasteiger partial charge < -0.3 is 15.5 Å². The molecule has 4 nitrogen and oxygen atoms in total. The fraction of sp³-hybridized carbons (Fsp3) is 0.312. The van der Waals surface area contributed by atoms with Gasteiger partial charge in [0, 0.05) is 6.04 Å². The maximum Gasteiger partial charge on any atom is 0.178 e. The number of nitrogens with one attached hydrogen (secondary N) is 1. The first kappa shape index (κ1) is 12.9. The SMILES string of the molecule is O=C1C=CC(CC2NCCc3cc(O)c(O)cc32)C=C1. The van der Waals surface area contributed by atoms with Crippen LogP contribution in [0.15, 0.2) is 36.4 Å². The number of hydrogen-bond donors (Lipinski definition) is 3. The molecule has 0 spiro atoms. The van der Waals surface area contributed by atoms with Crippen LogP contribution in [0, 0.1) is 5.92 Å². The Morgan fingerprint density at radius 3 is 2.60 bits per heavy atom. The van der Waals surface area contributed by atoms with Gasteiger partial charge >= 0.3 is 0 Å². The summed E-state index contributed by atoms with van der Waals surface area (Å²) in [6.45, 7) is 0.848. The van der Waals surface area contributed by atoms with Crippen LogP contribution >= 0.6 is 0 Å². The average Bonchev–Trinajstić information content (AvgIpc) is 2.43. The Kier molecular flexibility index (Phi) is 3.32. The molecule has 1 atom stereocenters. The molecule has 3 rings (SSSR count). The Hall–Kier alpha value is -2.07. The van der Waals surface area contributed by atoms with E-state index >= 15 is 0 Å². The molecule has 104 valence electrons. The molecule has 1 unspecified atom stereocenters. The van der Waals surface area contributed by atoms with Crippen molar-refractivity contribution in [2.75, 3.05) is 6.54 Å². The Morgan fingerprint density at radius 1 is 1.15 bits per heavy atom. The summed E-state index contributed by atoms with van der Waals surface area (Å²) in [4.78, 5) is 11.1. The molecule has 1 aliphatic carbocycles. The van der Waals surface area contributed by atoms with Gasteiger partial charge in [0.1, 0.15) is 0 Å². The molecule has 0 bridgehead atoms. The number of carbonyl (C=O) groups is 1. The third-order valence-corrected chi connectivity index (χ3v) is 3.92. The minimum atomic E-state index is -0.0812. The van der Waals surface area contributed by atoms with Crippen LogP contribution < -0.4 is 5.32 Å². The zero-order valence-electron chi connectivity index (χ0n) is 11.0. The van der Waals surface area contributed by atoms with E-state index in [-0.39, 0.29) is 29.2 Å². The van der Waals surface area contributed by atoms with Crippen LogP contribution in [0.3, 0.4) is 0 Å². The highest BCUT2D eigenvalue weighted by Gasteiger charge is 2.23. The van der Waals surface area contributed by atoms with Crippen LogP contribution in [0.4, 0.5) is 0 Å². The molecule has 4 heteroatoms. The van der Waals surface area contributed by atoms with Crippen molar-refractivity contribution in [1.29, 1.82) is 0 Å². The molecule has 1 aromatic carbocycles. The summed E-state index contributed by atoms with van der Waals surface area (Å²) >= 11 is 0. The molecule has 0 amide bonds. The summed E-state index contributed by atoms with van der Waals surface area (Å²) in [6, 6.07) is 3.41. The van der Waals surface area contributed by atoms with Gasteiger partial charge in [-0.15, -0.1) is 0 Å². The van der Waals surface area contributed by atoms with Gasteiger partial charge in [-0.05, 0) is 60.7 Å². The van der Waals surface area contributed by atoms with Crippen molar-refractivity contribution in [1.82, 2.24) is 5.32 Å². The van der Waals surface area contributed by atoms with Gasteiger partial charge in [0.15, 0.2) is 17.3 Å². The van der Waals surface area contributed by atoms with E-state index in [0.717, 1.165) is 30.5 Å². The van der Waals surface area contributed by atoms with Crippen molar-refractivity contribution in [2.24, 2.45) is 5.92 Å². The van der Waals surface area contributed by atoms with E-state index in [2.05, 4.69) is 5.32 Å². The number of benzene rings is 1. The quantitative estimate of drug-likeness (QED) is 0.719. The molecule has 0 radical (unpaired) electrons. The van der Waals surface area contributed by atoms with E-state index in [1.807, 2.05) is 12.2 Å². The molecule has 1 aliphatic heterocycles. The van der Waals surface area contributed by atoms with Gasteiger partial charge in [0.05, 0.1) is 0 Å². The molecule has 1 heterocycles. The third kappa shape index (κ3) is 2.47. The van der Waals surface area contributed by atoms with Gasteiger partial charge in [0.25, 0.3) is 0 Å². The molecule has 0 fully saturated rings. The average molecular weight is 271 g/mol. The summed E-state index contributed by atoms with van der Waals surface area (Å²) in [5.74, 6) is 0.0997. The normalized spacial score (nSPS) is 22.0. The molecule has 0 saturated heterocycles. The van der Waals surface area contributed by atoms with Crippen LogP contribution in [0.2, 0.25) is 0 Å². The number of phenolic OH excluding ortho intramolecular Hbond substituents is 2. The summed E-state index contributed by atoms with van der Waals surface area (Å²) < 4.78 is 0. The van der Waals surface area contributed by atoms with Crippen LogP contribution in [0.5, 0.6) is 11.5 Å². The highest BCUT2D eigenvalue weighted by Crippen LogP contribution is 2.36. The van der Waals surface area contributed by atoms with E-state index in [4.69, 9.17) is 0 Å². The Balaban J connectivity index is 1.83. The number of phenols is 2. The van der Waals surface area contributed by atoms with Crippen molar-refractivity contribution in [3.05, 3.63) is 47.6 Å². The highest BCUT2D eigenvalue weighted by atomic mass is 16.3. The van der Waals surface area contributed by atoms with Crippen LogP contribution in [0.1, 0.15) is 23.6 Å². The standard InChI is InChI=1S/C16H17NO3/c18-12-3-1-10(2-4-12)7-14-13-9-16(20)15(19)8-11(13)5-6-17-14/h1-4,8-10,14,17,19-20H,5-7H2. The number of aromatic hydroxyl groups is 2. The topological polar surface area (TPSA) is 69.6 Å². The summed E-state index contributed by atoms with van der Waals surface area (Å²) in [5, 5.41) is 22.7. The molecule has 0 saturated carbocycles. The van der Waals surface area contributed by atoms with E-state index in [0.29, 0.717) is 0 Å². The van der Waals surface area contributed by atoms with Crippen LogP contribution in [-0.4, -0.2) is 22.5 Å². The van der Waals surface area contributed by atoms with Crippen LogP contribution in [-0.2, 0) is 11.2 Å². The zero-order chi connectivity index (χ0) is 14.1.